The Balaban J connectivity index is 2.19. The molecular formula is C10H7N5. The van der Waals surface area contributed by atoms with Crippen molar-refractivity contribution < 1.29 is 0 Å². The molecule has 15 heavy (non-hydrogen) atoms. The molecule has 0 unspecified atom stereocenters. The van der Waals surface area contributed by atoms with Crippen molar-refractivity contribution in [1.82, 2.24) is 24.9 Å². The fourth-order valence-corrected chi connectivity index (χ4v) is 1.40. The molecule has 0 saturated carbocycles. The third kappa shape index (κ3) is 1.34. The van der Waals surface area contributed by atoms with Crippen molar-refractivity contribution in [1.29, 1.82) is 0 Å². The zero-order valence-electron chi connectivity index (χ0n) is 7.75. The Morgan fingerprint density at radius 3 is 2.80 bits per heavy atom. The maximum atomic E-state index is 4.43. The van der Waals surface area contributed by atoms with Crippen molar-refractivity contribution in [3.05, 3.63) is 37.2 Å². The first-order valence-corrected chi connectivity index (χ1v) is 4.49. The highest BCUT2D eigenvalue weighted by Crippen LogP contribution is 2.15. The molecule has 5 heteroatoms. The molecule has 0 radical (unpaired) electrons. The van der Waals surface area contributed by atoms with Crippen molar-refractivity contribution in [3.63, 3.8) is 0 Å². The van der Waals surface area contributed by atoms with E-state index in [0.29, 0.717) is 0 Å². The summed E-state index contributed by atoms with van der Waals surface area (Å²) in [5, 5.41) is 0. The first kappa shape index (κ1) is 8.05. The standard InChI is InChI=1S/C10H7N5/c1-2-13-10-8(1)15-9(5-14-10)7-3-11-6-12-4-7/h1-6H,(H,13,14). The summed E-state index contributed by atoms with van der Waals surface area (Å²) in [6, 6.07) is 1.88. The average Bonchev–Trinajstić information content (AvgIpc) is 2.77. The van der Waals surface area contributed by atoms with E-state index in [1.54, 1.807) is 18.6 Å². The summed E-state index contributed by atoms with van der Waals surface area (Å²) in [6.07, 6.45) is 8.45. The average molecular weight is 197 g/mol. The molecule has 0 atom stereocenters. The quantitative estimate of drug-likeness (QED) is 0.640. The Kier molecular flexibility index (Phi) is 1.68. The second-order valence-corrected chi connectivity index (χ2v) is 3.09. The third-order valence-electron chi connectivity index (χ3n) is 2.12. The number of hydrogen-bond donors (Lipinski definition) is 1. The fourth-order valence-electron chi connectivity index (χ4n) is 1.40. The predicted molar refractivity (Wildman–Crippen MR) is 54.9 cm³/mol. The van der Waals surface area contributed by atoms with Crippen molar-refractivity contribution in [2.45, 2.75) is 0 Å². The highest BCUT2D eigenvalue weighted by molar-refractivity contribution is 5.73. The second kappa shape index (κ2) is 3.13. The Hall–Kier alpha value is -2.30. The Morgan fingerprint density at radius 1 is 1.07 bits per heavy atom. The largest absolute Gasteiger partial charge is 0.345 e. The van der Waals surface area contributed by atoms with Crippen LogP contribution < -0.4 is 0 Å². The Morgan fingerprint density at radius 2 is 1.93 bits per heavy atom. The van der Waals surface area contributed by atoms with Gasteiger partial charge in [-0.3, -0.25) is 0 Å². The number of H-pyrrole nitrogens is 1. The predicted octanol–water partition coefficient (Wildman–Crippen LogP) is 1.41. The van der Waals surface area contributed by atoms with E-state index in [1.165, 1.54) is 6.33 Å². The molecule has 0 aliphatic carbocycles. The van der Waals surface area contributed by atoms with Gasteiger partial charge in [-0.25, -0.2) is 19.9 Å². The number of fused-ring (bicyclic) bond motifs is 1. The lowest BCUT2D eigenvalue weighted by atomic mass is 10.2. The minimum absolute atomic E-state index is 0.780. The fraction of sp³-hybridized carbons (Fsp3) is 0. The molecule has 3 heterocycles. The molecular weight excluding hydrogens is 190 g/mol. The van der Waals surface area contributed by atoms with Crippen LogP contribution in [-0.2, 0) is 0 Å². The molecule has 0 aromatic carbocycles. The summed E-state index contributed by atoms with van der Waals surface area (Å²) in [4.78, 5) is 19.6. The van der Waals surface area contributed by atoms with Crippen molar-refractivity contribution in [2.24, 2.45) is 0 Å². The lowest BCUT2D eigenvalue weighted by molar-refractivity contribution is 1.16. The molecule has 3 aromatic heterocycles. The molecule has 0 bridgehead atoms. The number of rotatable bonds is 1. The molecule has 3 aromatic rings. The highest BCUT2D eigenvalue weighted by atomic mass is 14.9. The first-order chi connectivity index (χ1) is 7.43. The number of hydrogen-bond acceptors (Lipinski definition) is 4. The molecule has 0 spiro atoms. The van der Waals surface area contributed by atoms with Crippen LogP contribution in [0, 0.1) is 0 Å². The number of aromatic amines is 1. The van der Waals surface area contributed by atoms with E-state index < -0.39 is 0 Å². The summed E-state index contributed by atoms with van der Waals surface area (Å²) >= 11 is 0. The SMILES string of the molecule is c1ncc(-c2cnc3[nH]ccc3n2)cn1. The number of nitrogens with zero attached hydrogens (tertiary/aromatic N) is 4. The summed E-state index contributed by atoms with van der Waals surface area (Å²) in [5.41, 5.74) is 3.28. The van der Waals surface area contributed by atoms with E-state index in [1.807, 2.05) is 12.3 Å². The maximum Gasteiger partial charge on any atom is 0.156 e. The van der Waals surface area contributed by atoms with Gasteiger partial charge < -0.3 is 4.98 Å². The normalized spacial score (nSPS) is 10.7. The summed E-state index contributed by atoms with van der Waals surface area (Å²) in [7, 11) is 0. The van der Waals surface area contributed by atoms with Crippen LogP contribution in [0.3, 0.4) is 0 Å². The van der Waals surface area contributed by atoms with E-state index in [4.69, 9.17) is 0 Å². The zero-order valence-corrected chi connectivity index (χ0v) is 7.75. The lowest BCUT2D eigenvalue weighted by Gasteiger charge is -1.97. The lowest BCUT2D eigenvalue weighted by Crippen LogP contribution is -1.88. The Labute approximate surface area is 85.3 Å². The van der Waals surface area contributed by atoms with Gasteiger partial charge >= 0.3 is 0 Å². The first-order valence-electron chi connectivity index (χ1n) is 4.49. The summed E-state index contributed by atoms with van der Waals surface area (Å²) in [6.45, 7) is 0. The van der Waals surface area contributed by atoms with Crippen LogP contribution in [0.1, 0.15) is 0 Å². The Bertz CT molecular complexity index is 587. The highest BCUT2D eigenvalue weighted by Gasteiger charge is 2.02. The summed E-state index contributed by atoms with van der Waals surface area (Å²) < 4.78 is 0. The monoisotopic (exact) mass is 197 g/mol. The molecule has 0 aliphatic heterocycles. The van der Waals surface area contributed by atoms with Crippen molar-refractivity contribution in [3.8, 4) is 11.3 Å². The van der Waals surface area contributed by atoms with E-state index in [2.05, 4.69) is 24.9 Å². The molecule has 72 valence electrons. The van der Waals surface area contributed by atoms with Crippen LogP contribution in [0.25, 0.3) is 22.4 Å². The van der Waals surface area contributed by atoms with Crippen LogP contribution in [0.4, 0.5) is 0 Å². The number of aromatic nitrogens is 5. The summed E-state index contributed by atoms with van der Waals surface area (Å²) in [5.74, 6) is 0. The zero-order chi connectivity index (χ0) is 10.1. The van der Waals surface area contributed by atoms with Gasteiger partial charge in [0.15, 0.2) is 5.65 Å². The van der Waals surface area contributed by atoms with Crippen LogP contribution >= 0.6 is 0 Å². The van der Waals surface area contributed by atoms with Crippen LogP contribution in [0.2, 0.25) is 0 Å². The van der Waals surface area contributed by atoms with Gasteiger partial charge in [0.2, 0.25) is 0 Å². The molecule has 0 saturated heterocycles. The van der Waals surface area contributed by atoms with Gasteiger partial charge in [0.25, 0.3) is 0 Å². The van der Waals surface area contributed by atoms with E-state index in [0.717, 1.165) is 22.4 Å². The molecule has 0 aliphatic rings. The molecule has 3 rings (SSSR count). The van der Waals surface area contributed by atoms with Crippen molar-refractivity contribution >= 4 is 11.2 Å². The van der Waals surface area contributed by atoms with E-state index in [9.17, 15) is 0 Å². The van der Waals surface area contributed by atoms with Gasteiger partial charge in [-0.15, -0.1) is 0 Å². The van der Waals surface area contributed by atoms with Gasteiger partial charge in [0.1, 0.15) is 11.8 Å². The minimum atomic E-state index is 0.780. The van der Waals surface area contributed by atoms with Gasteiger partial charge in [-0.05, 0) is 6.07 Å². The smallest absolute Gasteiger partial charge is 0.156 e. The van der Waals surface area contributed by atoms with Gasteiger partial charge in [0.05, 0.1) is 11.9 Å². The van der Waals surface area contributed by atoms with Crippen LogP contribution in [0.15, 0.2) is 37.2 Å². The molecule has 0 amide bonds. The molecule has 5 nitrogen and oxygen atoms in total. The number of nitrogens with one attached hydrogen (secondary N) is 1. The second-order valence-electron chi connectivity index (χ2n) is 3.09. The van der Waals surface area contributed by atoms with Gasteiger partial charge in [0, 0.05) is 24.2 Å². The minimum Gasteiger partial charge on any atom is -0.345 e. The van der Waals surface area contributed by atoms with Gasteiger partial charge in [-0.1, -0.05) is 0 Å². The maximum absolute atomic E-state index is 4.43. The molecule has 0 fully saturated rings. The molecule has 1 N–H and O–H groups in total. The van der Waals surface area contributed by atoms with Crippen LogP contribution in [-0.4, -0.2) is 24.9 Å². The van der Waals surface area contributed by atoms with Crippen molar-refractivity contribution in [2.75, 3.05) is 0 Å². The topological polar surface area (TPSA) is 67.3 Å². The van der Waals surface area contributed by atoms with Crippen LogP contribution in [0.5, 0.6) is 0 Å². The van der Waals surface area contributed by atoms with E-state index >= 15 is 0 Å². The third-order valence-corrected chi connectivity index (χ3v) is 2.12. The van der Waals surface area contributed by atoms with Gasteiger partial charge in [-0.2, -0.15) is 0 Å². The van der Waals surface area contributed by atoms with E-state index in [-0.39, 0.29) is 0 Å².